The predicted molar refractivity (Wildman–Crippen MR) is 89.1 cm³/mol. The molecule has 0 spiro atoms. The molecule has 0 aromatic heterocycles. The Kier molecular flexibility index (Phi) is 6.31. The van der Waals surface area contributed by atoms with Crippen LogP contribution in [0, 0.1) is 11.6 Å². The SMILES string of the molecule is Nc1cc(F)c(C=CCCNC(=O)OCc2ccccc2)cc1F. The molecule has 0 fully saturated rings. The van der Waals surface area contributed by atoms with Gasteiger partial charge in [-0.25, -0.2) is 13.6 Å². The average Bonchev–Trinajstić information content (AvgIpc) is 2.58. The van der Waals surface area contributed by atoms with Crippen molar-refractivity contribution >= 4 is 17.9 Å². The van der Waals surface area contributed by atoms with E-state index in [-0.39, 0.29) is 17.9 Å². The number of nitrogen functional groups attached to an aromatic ring is 1. The molecule has 0 aliphatic heterocycles. The fourth-order valence-electron chi connectivity index (χ4n) is 1.95. The van der Waals surface area contributed by atoms with Gasteiger partial charge < -0.3 is 15.8 Å². The van der Waals surface area contributed by atoms with Crippen molar-refractivity contribution in [2.75, 3.05) is 12.3 Å². The average molecular weight is 332 g/mol. The summed E-state index contributed by atoms with van der Waals surface area (Å²) in [4.78, 5) is 11.5. The maximum absolute atomic E-state index is 13.5. The molecule has 0 atom stereocenters. The zero-order chi connectivity index (χ0) is 17.4. The van der Waals surface area contributed by atoms with E-state index in [1.165, 1.54) is 6.08 Å². The molecule has 0 saturated carbocycles. The Morgan fingerprint density at radius 1 is 1.17 bits per heavy atom. The molecule has 126 valence electrons. The summed E-state index contributed by atoms with van der Waals surface area (Å²) in [7, 11) is 0. The minimum Gasteiger partial charge on any atom is -0.445 e. The number of anilines is 1. The zero-order valence-corrected chi connectivity index (χ0v) is 13.0. The van der Waals surface area contributed by atoms with Gasteiger partial charge in [0.05, 0.1) is 5.69 Å². The first-order chi connectivity index (χ1) is 11.6. The van der Waals surface area contributed by atoms with Crippen LogP contribution in [-0.2, 0) is 11.3 Å². The highest BCUT2D eigenvalue weighted by Gasteiger charge is 2.05. The second-order valence-corrected chi connectivity index (χ2v) is 5.07. The molecule has 24 heavy (non-hydrogen) atoms. The molecule has 0 saturated heterocycles. The lowest BCUT2D eigenvalue weighted by molar-refractivity contribution is 0.140. The van der Waals surface area contributed by atoms with Crippen LogP contribution in [0.2, 0.25) is 0 Å². The molecule has 2 aromatic rings. The van der Waals surface area contributed by atoms with Crippen molar-refractivity contribution in [2.45, 2.75) is 13.0 Å². The Morgan fingerprint density at radius 2 is 1.92 bits per heavy atom. The Bertz CT molecular complexity index is 718. The van der Waals surface area contributed by atoms with E-state index in [9.17, 15) is 13.6 Å². The lowest BCUT2D eigenvalue weighted by Gasteiger charge is -2.06. The first-order valence-corrected chi connectivity index (χ1v) is 7.42. The maximum Gasteiger partial charge on any atom is 0.407 e. The number of ether oxygens (including phenoxy) is 1. The number of carbonyl (C=O) groups excluding carboxylic acids is 1. The van der Waals surface area contributed by atoms with Gasteiger partial charge in [0.2, 0.25) is 0 Å². The number of amides is 1. The number of hydrogen-bond acceptors (Lipinski definition) is 3. The van der Waals surface area contributed by atoms with Crippen LogP contribution in [0.15, 0.2) is 48.5 Å². The van der Waals surface area contributed by atoms with Crippen molar-refractivity contribution < 1.29 is 18.3 Å². The first-order valence-electron chi connectivity index (χ1n) is 7.42. The van der Waals surface area contributed by atoms with Crippen molar-refractivity contribution in [1.29, 1.82) is 0 Å². The van der Waals surface area contributed by atoms with Crippen molar-refractivity contribution in [2.24, 2.45) is 0 Å². The second-order valence-electron chi connectivity index (χ2n) is 5.07. The third-order valence-corrected chi connectivity index (χ3v) is 3.21. The molecule has 2 aromatic carbocycles. The number of rotatable bonds is 6. The quantitative estimate of drug-likeness (QED) is 0.623. The number of benzene rings is 2. The molecule has 4 nitrogen and oxygen atoms in total. The summed E-state index contributed by atoms with van der Waals surface area (Å²) in [5.74, 6) is -1.26. The monoisotopic (exact) mass is 332 g/mol. The van der Waals surface area contributed by atoms with Gasteiger partial charge in [-0.1, -0.05) is 42.5 Å². The molecular weight excluding hydrogens is 314 g/mol. The van der Waals surface area contributed by atoms with Gasteiger partial charge in [-0.05, 0) is 18.1 Å². The van der Waals surface area contributed by atoms with Crippen LogP contribution in [0.25, 0.3) is 6.08 Å². The fourth-order valence-corrected chi connectivity index (χ4v) is 1.95. The van der Waals surface area contributed by atoms with Crippen LogP contribution in [0.3, 0.4) is 0 Å². The molecule has 1 amide bonds. The summed E-state index contributed by atoms with van der Waals surface area (Å²) in [5.41, 5.74) is 6.04. The predicted octanol–water partition coefficient (Wildman–Crippen LogP) is 3.88. The molecule has 0 bridgehead atoms. The Hall–Kier alpha value is -2.89. The highest BCUT2D eigenvalue weighted by atomic mass is 19.1. The smallest absolute Gasteiger partial charge is 0.407 e. The van der Waals surface area contributed by atoms with Crippen molar-refractivity contribution in [3.63, 3.8) is 0 Å². The second kappa shape index (κ2) is 8.67. The zero-order valence-electron chi connectivity index (χ0n) is 13.0. The van der Waals surface area contributed by atoms with E-state index in [0.29, 0.717) is 13.0 Å². The Balaban J connectivity index is 1.70. The van der Waals surface area contributed by atoms with E-state index < -0.39 is 17.7 Å². The maximum atomic E-state index is 13.5. The molecule has 6 heteroatoms. The van der Waals surface area contributed by atoms with Crippen LogP contribution in [-0.4, -0.2) is 12.6 Å². The summed E-state index contributed by atoms with van der Waals surface area (Å²) < 4.78 is 31.9. The minimum atomic E-state index is -0.668. The van der Waals surface area contributed by atoms with Crippen molar-refractivity contribution in [3.05, 3.63) is 71.3 Å². The van der Waals surface area contributed by atoms with Gasteiger partial charge in [-0.2, -0.15) is 0 Å². The van der Waals surface area contributed by atoms with Crippen LogP contribution >= 0.6 is 0 Å². The van der Waals surface area contributed by atoms with E-state index in [4.69, 9.17) is 10.5 Å². The molecule has 3 N–H and O–H groups in total. The normalized spacial score (nSPS) is 10.8. The summed E-state index contributed by atoms with van der Waals surface area (Å²) in [6.07, 6.45) is 2.99. The van der Waals surface area contributed by atoms with Gasteiger partial charge in [0.1, 0.15) is 18.2 Å². The van der Waals surface area contributed by atoms with Gasteiger partial charge in [0, 0.05) is 18.2 Å². The minimum absolute atomic E-state index is 0.105. The molecule has 0 unspecified atom stereocenters. The molecule has 0 radical (unpaired) electrons. The first kappa shape index (κ1) is 17.5. The van der Waals surface area contributed by atoms with E-state index in [1.54, 1.807) is 6.08 Å². The highest BCUT2D eigenvalue weighted by Crippen LogP contribution is 2.17. The molecule has 2 rings (SSSR count). The van der Waals surface area contributed by atoms with E-state index in [1.807, 2.05) is 30.3 Å². The van der Waals surface area contributed by atoms with E-state index in [0.717, 1.165) is 17.7 Å². The van der Waals surface area contributed by atoms with Crippen LogP contribution < -0.4 is 11.1 Å². The fraction of sp³-hybridized carbons (Fsp3) is 0.167. The summed E-state index contributed by atoms with van der Waals surface area (Å²) >= 11 is 0. The van der Waals surface area contributed by atoms with Gasteiger partial charge >= 0.3 is 6.09 Å². The number of nitrogens with one attached hydrogen (secondary N) is 1. The summed E-state index contributed by atoms with van der Waals surface area (Å²) in [6, 6.07) is 11.3. The Labute approximate surface area is 138 Å². The van der Waals surface area contributed by atoms with Crippen LogP contribution in [0.1, 0.15) is 17.5 Å². The summed E-state index contributed by atoms with van der Waals surface area (Å²) in [5, 5.41) is 2.57. The lowest BCUT2D eigenvalue weighted by atomic mass is 10.1. The number of carbonyl (C=O) groups is 1. The van der Waals surface area contributed by atoms with Gasteiger partial charge in [0.25, 0.3) is 0 Å². The highest BCUT2D eigenvalue weighted by molar-refractivity contribution is 5.67. The third-order valence-electron chi connectivity index (χ3n) is 3.21. The number of halogens is 2. The number of hydrogen-bond donors (Lipinski definition) is 2. The van der Waals surface area contributed by atoms with Crippen LogP contribution in [0.4, 0.5) is 19.3 Å². The summed E-state index contributed by atoms with van der Waals surface area (Å²) in [6.45, 7) is 0.516. The number of nitrogens with two attached hydrogens (primary N) is 1. The largest absolute Gasteiger partial charge is 0.445 e. The molecule has 0 aliphatic carbocycles. The van der Waals surface area contributed by atoms with Gasteiger partial charge in [-0.3, -0.25) is 0 Å². The van der Waals surface area contributed by atoms with Crippen molar-refractivity contribution in [3.8, 4) is 0 Å². The number of alkyl carbamates (subject to hydrolysis) is 1. The van der Waals surface area contributed by atoms with Gasteiger partial charge in [-0.15, -0.1) is 0 Å². The molecule has 0 aliphatic rings. The molecule has 0 heterocycles. The van der Waals surface area contributed by atoms with Crippen molar-refractivity contribution in [1.82, 2.24) is 5.32 Å². The lowest BCUT2D eigenvalue weighted by Crippen LogP contribution is -2.24. The van der Waals surface area contributed by atoms with Crippen LogP contribution in [0.5, 0.6) is 0 Å². The standard InChI is InChI=1S/C18H18F2N2O2/c19-15-11-17(21)16(20)10-14(15)8-4-5-9-22-18(23)24-12-13-6-2-1-3-7-13/h1-4,6-8,10-11H,5,9,12,21H2,(H,22,23). The topological polar surface area (TPSA) is 64.3 Å². The third kappa shape index (κ3) is 5.39. The van der Waals surface area contributed by atoms with E-state index in [2.05, 4.69) is 5.32 Å². The molecular formula is C18H18F2N2O2. The van der Waals surface area contributed by atoms with E-state index >= 15 is 0 Å². The Morgan fingerprint density at radius 3 is 2.67 bits per heavy atom. The van der Waals surface area contributed by atoms with Gasteiger partial charge in [0.15, 0.2) is 0 Å².